The third kappa shape index (κ3) is 5.20. The number of benzene rings is 12. The van der Waals surface area contributed by atoms with Crippen molar-refractivity contribution >= 4 is 38.9 Å². The minimum Gasteiger partial charge on any atom is -0.310 e. The van der Waals surface area contributed by atoms with Crippen molar-refractivity contribution in [3.05, 3.63) is 324 Å². The smallest absolute Gasteiger partial charge is 0.0754 e. The molecule has 2 heterocycles. The summed E-state index contributed by atoms with van der Waals surface area (Å²) in [6.07, 6.45) is 0. The summed E-state index contributed by atoms with van der Waals surface area (Å²) in [6.45, 7) is 0. The van der Waals surface area contributed by atoms with Crippen LogP contribution in [0.3, 0.4) is 0 Å². The molecule has 17 rings (SSSR count). The maximum absolute atomic E-state index is 2.52. The summed E-state index contributed by atoms with van der Waals surface area (Å²) in [5.41, 5.74) is 29.3. The van der Waals surface area contributed by atoms with Crippen LogP contribution < -0.4 is 4.90 Å². The molecule has 0 saturated carbocycles. The van der Waals surface area contributed by atoms with Crippen molar-refractivity contribution in [3.8, 4) is 61.3 Å². The largest absolute Gasteiger partial charge is 0.310 e. The average molecular weight is 963 g/mol. The van der Waals surface area contributed by atoms with E-state index in [1.54, 1.807) is 0 Å². The van der Waals surface area contributed by atoms with Crippen LogP contribution in [0.1, 0.15) is 44.5 Å². The van der Waals surface area contributed by atoms with Crippen LogP contribution in [0.15, 0.2) is 279 Å². The Morgan fingerprint density at radius 1 is 0.276 bits per heavy atom. The Kier molecular flexibility index (Phi) is 8.44. The number of hydrogen-bond acceptors (Lipinski definition) is 1. The van der Waals surface area contributed by atoms with Gasteiger partial charge in [-0.3, -0.25) is 0 Å². The van der Waals surface area contributed by atoms with Crippen LogP contribution in [0.25, 0.3) is 83.1 Å². The second-order valence-electron chi connectivity index (χ2n) is 21.0. The highest BCUT2D eigenvalue weighted by Gasteiger charge is 2.53. The van der Waals surface area contributed by atoms with Crippen molar-refractivity contribution < 1.29 is 0 Å². The van der Waals surface area contributed by atoms with Crippen molar-refractivity contribution in [3.63, 3.8) is 0 Å². The van der Waals surface area contributed by atoms with Crippen LogP contribution in [-0.4, -0.2) is 4.57 Å². The fourth-order valence-electron chi connectivity index (χ4n) is 14.8. The molecule has 352 valence electrons. The zero-order valence-electron chi connectivity index (χ0n) is 41.5. The number of nitrogens with zero attached hydrogens (tertiary/aromatic N) is 2. The standard InChI is InChI=1S/C74H46N2/c1-2-20-47(21-3-1)49-22-16-23-51(46-49)75(69-41-19-37-65-71(69)58-28-7-12-34-62(58)73(65)59-31-9-4-24-53(59)54-25-5-10-32-60(54)73)50-44-42-48(43-45-50)52-29-17-36-64-70(52)57-27-6-11-33-61(57)74(64)63-35-13-15-40-68(63)76-67-39-14-8-26-55(67)56-30-18-38-66(74)72(56)76/h1-46H. The van der Waals surface area contributed by atoms with Crippen molar-refractivity contribution in [2.45, 2.75) is 10.8 Å². The van der Waals surface area contributed by atoms with E-state index in [1.165, 1.54) is 128 Å². The highest BCUT2D eigenvalue weighted by molar-refractivity contribution is 6.13. The van der Waals surface area contributed by atoms with Gasteiger partial charge in [-0.05, 0) is 137 Å². The van der Waals surface area contributed by atoms with E-state index in [-0.39, 0.29) is 0 Å². The van der Waals surface area contributed by atoms with E-state index in [2.05, 4.69) is 289 Å². The van der Waals surface area contributed by atoms with Crippen LogP contribution in [0.2, 0.25) is 0 Å². The van der Waals surface area contributed by atoms with Crippen molar-refractivity contribution in [2.75, 3.05) is 4.90 Å². The number of hydrogen-bond donors (Lipinski definition) is 0. The van der Waals surface area contributed by atoms with E-state index in [1.807, 2.05) is 0 Å². The van der Waals surface area contributed by atoms with E-state index in [9.17, 15) is 0 Å². The quantitative estimate of drug-likeness (QED) is 0.167. The Bertz CT molecular complexity index is 4550. The fraction of sp³-hybridized carbons (Fsp3) is 0.0270. The minimum absolute atomic E-state index is 0.460. The summed E-state index contributed by atoms with van der Waals surface area (Å²) in [6, 6.07) is 105. The number of anilines is 3. The van der Waals surface area contributed by atoms with Gasteiger partial charge in [-0.2, -0.15) is 0 Å². The molecule has 1 aliphatic heterocycles. The summed E-state index contributed by atoms with van der Waals surface area (Å²) < 4.78 is 2.52. The molecule has 0 fully saturated rings. The number of rotatable bonds is 5. The summed E-state index contributed by atoms with van der Waals surface area (Å²) in [4.78, 5) is 2.51. The highest BCUT2D eigenvalue weighted by atomic mass is 15.1. The number of fused-ring (bicyclic) bond motifs is 22. The molecular formula is C74H46N2. The minimum atomic E-state index is -0.523. The monoisotopic (exact) mass is 962 g/mol. The van der Waals surface area contributed by atoms with E-state index < -0.39 is 10.8 Å². The van der Waals surface area contributed by atoms with Gasteiger partial charge in [0.2, 0.25) is 0 Å². The summed E-state index contributed by atoms with van der Waals surface area (Å²) >= 11 is 0. The molecule has 2 spiro atoms. The van der Waals surface area contributed by atoms with Gasteiger partial charge >= 0.3 is 0 Å². The normalized spacial score (nSPS) is 15.3. The first-order chi connectivity index (χ1) is 37.7. The molecule has 1 atom stereocenters. The molecule has 2 nitrogen and oxygen atoms in total. The molecule has 13 aromatic rings. The SMILES string of the molecule is c1ccc(-c2cccc(N(c3ccc(-c4cccc5c4-c4ccccc4C54c5ccccc5-n5c6ccccc6c6cccc4c65)cc3)c3cccc4c3-c3ccccc3C43c4ccccc4-c4ccccc43)c2)cc1. The van der Waals surface area contributed by atoms with Gasteiger partial charge in [-0.1, -0.05) is 237 Å². The van der Waals surface area contributed by atoms with E-state index >= 15 is 0 Å². The molecular weight excluding hydrogens is 917 g/mol. The number of aromatic nitrogens is 1. The van der Waals surface area contributed by atoms with Crippen LogP contribution in [-0.2, 0) is 10.8 Å². The van der Waals surface area contributed by atoms with Gasteiger partial charge < -0.3 is 9.47 Å². The van der Waals surface area contributed by atoms with Gasteiger partial charge in [0.25, 0.3) is 0 Å². The molecule has 0 radical (unpaired) electrons. The molecule has 76 heavy (non-hydrogen) atoms. The van der Waals surface area contributed by atoms with Gasteiger partial charge in [0.05, 0.1) is 33.2 Å². The first-order valence-electron chi connectivity index (χ1n) is 26.6. The Hall–Kier alpha value is -9.76. The van der Waals surface area contributed by atoms with Crippen LogP contribution in [0.4, 0.5) is 17.1 Å². The van der Waals surface area contributed by atoms with Gasteiger partial charge in [0.15, 0.2) is 0 Å². The second kappa shape index (κ2) is 15.4. The number of para-hydroxylation sites is 3. The predicted octanol–water partition coefficient (Wildman–Crippen LogP) is 18.6. The Balaban J connectivity index is 0.879. The van der Waals surface area contributed by atoms with Crippen molar-refractivity contribution in [1.29, 1.82) is 0 Å². The molecule has 0 bridgehead atoms. The predicted molar refractivity (Wildman–Crippen MR) is 313 cm³/mol. The van der Waals surface area contributed by atoms with Crippen LogP contribution >= 0.6 is 0 Å². The van der Waals surface area contributed by atoms with E-state index in [0.29, 0.717) is 0 Å². The topological polar surface area (TPSA) is 8.17 Å². The molecule has 0 amide bonds. The lowest BCUT2D eigenvalue weighted by Gasteiger charge is -2.39. The Morgan fingerprint density at radius 2 is 0.763 bits per heavy atom. The maximum Gasteiger partial charge on any atom is 0.0754 e. The summed E-state index contributed by atoms with van der Waals surface area (Å²) in [5.74, 6) is 0. The molecule has 3 aliphatic carbocycles. The lowest BCUT2D eigenvalue weighted by molar-refractivity contribution is 0.748. The molecule has 12 aromatic carbocycles. The molecule has 4 aliphatic rings. The molecule has 2 heteroatoms. The molecule has 1 aromatic heterocycles. The van der Waals surface area contributed by atoms with Gasteiger partial charge in [0, 0.05) is 27.7 Å². The van der Waals surface area contributed by atoms with Gasteiger partial charge in [-0.25, -0.2) is 0 Å². The van der Waals surface area contributed by atoms with Crippen molar-refractivity contribution in [2.24, 2.45) is 0 Å². The Labute approximate surface area is 441 Å². The zero-order chi connectivity index (χ0) is 49.7. The third-order valence-electron chi connectivity index (χ3n) is 17.6. The first-order valence-corrected chi connectivity index (χ1v) is 26.6. The van der Waals surface area contributed by atoms with E-state index in [0.717, 1.165) is 17.1 Å². The fourth-order valence-corrected chi connectivity index (χ4v) is 14.8. The van der Waals surface area contributed by atoms with Crippen LogP contribution in [0.5, 0.6) is 0 Å². The highest BCUT2D eigenvalue weighted by Crippen LogP contribution is 2.66. The van der Waals surface area contributed by atoms with Crippen LogP contribution in [0, 0.1) is 0 Å². The maximum atomic E-state index is 2.52. The van der Waals surface area contributed by atoms with Gasteiger partial charge in [-0.15, -0.1) is 0 Å². The second-order valence-corrected chi connectivity index (χ2v) is 21.0. The molecule has 0 N–H and O–H groups in total. The first kappa shape index (κ1) is 41.7. The summed E-state index contributed by atoms with van der Waals surface area (Å²) in [7, 11) is 0. The molecule has 1 unspecified atom stereocenters. The van der Waals surface area contributed by atoms with E-state index in [4.69, 9.17) is 0 Å². The Morgan fingerprint density at radius 3 is 1.50 bits per heavy atom. The molecule has 0 saturated heterocycles. The lowest BCUT2D eigenvalue weighted by Crippen LogP contribution is -2.33. The lowest BCUT2D eigenvalue weighted by atomic mass is 9.65. The van der Waals surface area contributed by atoms with Gasteiger partial charge in [0.1, 0.15) is 0 Å². The van der Waals surface area contributed by atoms with Crippen molar-refractivity contribution in [1.82, 2.24) is 4.57 Å². The third-order valence-corrected chi connectivity index (χ3v) is 17.6. The average Bonchev–Trinajstić information content (AvgIpc) is 4.26. The zero-order valence-corrected chi connectivity index (χ0v) is 41.5. The summed E-state index contributed by atoms with van der Waals surface area (Å²) in [5, 5.41) is 2.57.